The quantitative estimate of drug-likeness (QED) is 0.284. The largest absolute Gasteiger partial charge is 0.394 e. The molecule has 0 aliphatic rings. The summed E-state index contributed by atoms with van der Waals surface area (Å²) in [6, 6.07) is 4.98. The Kier molecular flexibility index (Phi) is 8.12. The van der Waals surface area contributed by atoms with E-state index in [9.17, 15) is 30.0 Å². The summed E-state index contributed by atoms with van der Waals surface area (Å²) in [6.07, 6.45) is -6.27. The maximum absolute atomic E-state index is 11.5. The molecule has 0 aliphatic carbocycles. The van der Waals surface area contributed by atoms with Crippen molar-refractivity contribution in [3.8, 4) is 0 Å². The van der Waals surface area contributed by atoms with E-state index < -0.39 is 42.7 Å². The molecule has 0 radical (unpaired) electrons. The van der Waals surface area contributed by atoms with Crippen LogP contribution in [0.3, 0.4) is 0 Å². The second-order valence-corrected chi connectivity index (χ2v) is 6.19. The first-order chi connectivity index (χ1) is 12.1. The topological polar surface area (TPSA) is 151 Å². The highest BCUT2D eigenvalue weighted by Gasteiger charge is 2.30. The maximum Gasteiger partial charge on any atom is 0.291 e. The van der Waals surface area contributed by atoms with Crippen LogP contribution < -0.4 is 10.2 Å². The third-order valence-electron chi connectivity index (χ3n) is 4.01. The number of carbonyl (C=O) groups is 2. The number of anilines is 2. The van der Waals surface area contributed by atoms with Gasteiger partial charge in [0.2, 0.25) is 5.78 Å². The average molecular weight is 370 g/mol. The standard InChI is InChI=1S/C17H26N2O7/c1-9-6-11(4-5-12(9)18-17(26)10(2)21)19(3)7-13(22)15(24)16(25)14(23)8-20/h4-6,13-16,20,22-25H,7-8H2,1-3H3,(H,18,26). The number of amides is 1. The van der Waals surface area contributed by atoms with Gasteiger partial charge >= 0.3 is 0 Å². The Morgan fingerprint density at radius 2 is 1.69 bits per heavy atom. The molecule has 1 aromatic rings. The van der Waals surface area contributed by atoms with Crippen molar-refractivity contribution in [2.24, 2.45) is 0 Å². The Hall–Kier alpha value is -2.04. The van der Waals surface area contributed by atoms with Crippen LogP contribution in [-0.4, -0.2) is 81.8 Å². The number of rotatable bonds is 9. The monoisotopic (exact) mass is 370 g/mol. The number of hydrogen-bond donors (Lipinski definition) is 6. The number of nitrogens with one attached hydrogen (secondary N) is 1. The Morgan fingerprint density at radius 3 is 2.19 bits per heavy atom. The number of Topliss-reactive ketones (excluding diaryl/α,β-unsaturated/α-hetero) is 1. The van der Waals surface area contributed by atoms with Crippen LogP contribution in [0.4, 0.5) is 11.4 Å². The molecule has 0 saturated carbocycles. The molecule has 0 spiro atoms. The first-order valence-corrected chi connectivity index (χ1v) is 8.05. The maximum atomic E-state index is 11.5. The second-order valence-electron chi connectivity index (χ2n) is 6.19. The molecule has 146 valence electrons. The molecule has 9 nitrogen and oxygen atoms in total. The van der Waals surface area contributed by atoms with Crippen LogP contribution in [0, 0.1) is 6.92 Å². The fourth-order valence-corrected chi connectivity index (χ4v) is 2.29. The molecule has 4 unspecified atom stereocenters. The summed E-state index contributed by atoms with van der Waals surface area (Å²) in [7, 11) is 1.65. The van der Waals surface area contributed by atoms with Gasteiger partial charge in [-0.2, -0.15) is 0 Å². The lowest BCUT2D eigenvalue weighted by Gasteiger charge is -2.29. The first kappa shape index (κ1) is 22.0. The Morgan fingerprint density at radius 1 is 1.12 bits per heavy atom. The van der Waals surface area contributed by atoms with Gasteiger partial charge in [-0.3, -0.25) is 9.59 Å². The van der Waals surface area contributed by atoms with Crippen molar-refractivity contribution < 1.29 is 35.1 Å². The van der Waals surface area contributed by atoms with Crippen molar-refractivity contribution in [3.63, 3.8) is 0 Å². The molecule has 1 rings (SSSR count). The van der Waals surface area contributed by atoms with E-state index in [0.717, 1.165) is 0 Å². The number of carbonyl (C=O) groups excluding carboxylic acids is 2. The van der Waals surface area contributed by atoms with Crippen molar-refractivity contribution in [3.05, 3.63) is 23.8 Å². The number of ketones is 1. The van der Waals surface area contributed by atoms with E-state index in [1.165, 1.54) is 6.92 Å². The zero-order chi connectivity index (χ0) is 20.0. The van der Waals surface area contributed by atoms with Gasteiger partial charge in [0.15, 0.2) is 0 Å². The van der Waals surface area contributed by atoms with E-state index in [4.69, 9.17) is 5.11 Å². The molecule has 9 heteroatoms. The summed E-state index contributed by atoms with van der Waals surface area (Å²) < 4.78 is 0. The van der Waals surface area contributed by atoms with Gasteiger partial charge in [-0.1, -0.05) is 0 Å². The molecule has 0 aromatic heterocycles. The Balaban J connectivity index is 2.78. The van der Waals surface area contributed by atoms with E-state index in [1.807, 2.05) is 0 Å². The van der Waals surface area contributed by atoms with E-state index >= 15 is 0 Å². The van der Waals surface area contributed by atoms with Gasteiger partial charge < -0.3 is 35.7 Å². The second kappa shape index (κ2) is 9.60. The summed E-state index contributed by atoms with van der Waals surface area (Å²) in [4.78, 5) is 24.1. The lowest BCUT2D eigenvalue weighted by molar-refractivity contribution is -0.133. The van der Waals surface area contributed by atoms with Crippen LogP contribution in [0.15, 0.2) is 18.2 Å². The van der Waals surface area contributed by atoms with Crippen molar-refractivity contribution in [1.82, 2.24) is 0 Å². The normalized spacial score (nSPS) is 15.7. The van der Waals surface area contributed by atoms with Crippen LogP contribution in [0.25, 0.3) is 0 Å². The highest BCUT2D eigenvalue weighted by atomic mass is 16.4. The number of hydrogen-bond acceptors (Lipinski definition) is 8. The fraction of sp³-hybridized carbons (Fsp3) is 0.529. The Labute approximate surface area is 151 Å². The number of aryl methyl sites for hydroxylation is 1. The SMILES string of the molecule is CC(=O)C(=O)Nc1ccc(N(C)CC(O)C(O)C(O)C(O)CO)cc1C. The van der Waals surface area contributed by atoms with Crippen molar-refractivity contribution in [1.29, 1.82) is 0 Å². The zero-order valence-electron chi connectivity index (χ0n) is 15.0. The van der Waals surface area contributed by atoms with E-state index in [0.29, 0.717) is 16.9 Å². The minimum atomic E-state index is -1.69. The van der Waals surface area contributed by atoms with Gasteiger partial charge in [-0.25, -0.2) is 0 Å². The van der Waals surface area contributed by atoms with Gasteiger partial charge in [-0.15, -0.1) is 0 Å². The fourth-order valence-electron chi connectivity index (χ4n) is 2.29. The minimum absolute atomic E-state index is 0.0605. The highest BCUT2D eigenvalue weighted by Crippen LogP contribution is 2.22. The predicted molar refractivity (Wildman–Crippen MR) is 94.9 cm³/mol. The summed E-state index contributed by atoms with van der Waals surface area (Å²) in [6.45, 7) is 2.10. The van der Waals surface area contributed by atoms with Gasteiger partial charge in [-0.05, 0) is 30.7 Å². The van der Waals surface area contributed by atoms with Crippen molar-refractivity contribution in [2.45, 2.75) is 38.3 Å². The molecule has 4 atom stereocenters. The third kappa shape index (κ3) is 5.75. The predicted octanol–water partition coefficient (Wildman–Crippen LogP) is -1.61. The molecular formula is C17H26N2O7. The van der Waals surface area contributed by atoms with Crippen LogP contribution in [0.1, 0.15) is 12.5 Å². The van der Waals surface area contributed by atoms with Gasteiger partial charge in [0.05, 0.1) is 12.7 Å². The molecular weight excluding hydrogens is 344 g/mol. The van der Waals surface area contributed by atoms with Crippen LogP contribution in [0.2, 0.25) is 0 Å². The molecule has 0 bridgehead atoms. The van der Waals surface area contributed by atoms with E-state index in [2.05, 4.69) is 5.32 Å². The number of nitrogens with zero attached hydrogens (tertiary/aromatic N) is 1. The van der Waals surface area contributed by atoms with E-state index in [-0.39, 0.29) is 6.54 Å². The summed E-state index contributed by atoms with van der Waals surface area (Å²) in [5.41, 5.74) is 1.82. The van der Waals surface area contributed by atoms with Crippen LogP contribution >= 0.6 is 0 Å². The van der Waals surface area contributed by atoms with Crippen LogP contribution in [0.5, 0.6) is 0 Å². The number of likely N-dealkylation sites (N-methyl/N-ethyl adjacent to an activating group) is 1. The molecule has 26 heavy (non-hydrogen) atoms. The Bertz CT molecular complexity index is 638. The molecule has 0 heterocycles. The zero-order valence-corrected chi connectivity index (χ0v) is 15.0. The van der Waals surface area contributed by atoms with Gasteiger partial charge in [0.1, 0.15) is 18.3 Å². The smallest absolute Gasteiger partial charge is 0.291 e. The summed E-state index contributed by atoms with van der Waals surface area (Å²) in [5.74, 6) is -1.32. The highest BCUT2D eigenvalue weighted by molar-refractivity contribution is 6.39. The molecule has 1 aromatic carbocycles. The molecule has 6 N–H and O–H groups in total. The number of aliphatic hydroxyl groups excluding tert-OH is 5. The molecule has 0 aliphatic heterocycles. The summed E-state index contributed by atoms with van der Waals surface area (Å²) >= 11 is 0. The van der Waals surface area contributed by atoms with Gasteiger partial charge in [0.25, 0.3) is 5.91 Å². The van der Waals surface area contributed by atoms with Crippen LogP contribution in [-0.2, 0) is 9.59 Å². The summed E-state index contributed by atoms with van der Waals surface area (Å²) in [5, 5.41) is 50.1. The number of benzene rings is 1. The number of aliphatic hydroxyl groups is 5. The lowest BCUT2D eigenvalue weighted by Crippen LogP contribution is -2.49. The van der Waals surface area contributed by atoms with Crippen molar-refractivity contribution in [2.75, 3.05) is 30.4 Å². The third-order valence-corrected chi connectivity index (χ3v) is 4.01. The minimum Gasteiger partial charge on any atom is -0.394 e. The van der Waals surface area contributed by atoms with Gasteiger partial charge in [0, 0.05) is 31.9 Å². The first-order valence-electron chi connectivity index (χ1n) is 8.05. The van der Waals surface area contributed by atoms with E-state index in [1.54, 1.807) is 37.1 Å². The lowest BCUT2D eigenvalue weighted by atomic mass is 10.0. The molecule has 0 saturated heterocycles. The molecule has 1 amide bonds. The van der Waals surface area contributed by atoms with Crippen molar-refractivity contribution >= 4 is 23.1 Å². The molecule has 0 fully saturated rings. The average Bonchev–Trinajstić information content (AvgIpc) is 2.60.